The lowest BCUT2D eigenvalue weighted by molar-refractivity contribution is -0.122. The van der Waals surface area contributed by atoms with Crippen molar-refractivity contribution in [2.45, 2.75) is 25.7 Å². The Kier molecular flexibility index (Phi) is 3.14. The van der Waals surface area contributed by atoms with Crippen molar-refractivity contribution in [3.05, 3.63) is 34.2 Å². The summed E-state index contributed by atoms with van der Waals surface area (Å²) in [6.07, 6.45) is 5.45. The normalized spacial score (nSPS) is 25.5. The second kappa shape index (κ2) is 4.81. The summed E-state index contributed by atoms with van der Waals surface area (Å²) < 4.78 is 0. The van der Waals surface area contributed by atoms with Crippen molar-refractivity contribution >= 4 is 23.2 Å². The van der Waals surface area contributed by atoms with Crippen molar-refractivity contribution in [1.29, 1.82) is 0 Å². The molecular formula is C14H16N2O2S. The van der Waals surface area contributed by atoms with Crippen molar-refractivity contribution in [3.8, 4) is 0 Å². The van der Waals surface area contributed by atoms with Gasteiger partial charge in [-0.15, -0.1) is 11.3 Å². The summed E-state index contributed by atoms with van der Waals surface area (Å²) in [5.41, 5.74) is 0.955. The fourth-order valence-electron chi connectivity index (χ4n) is 2.87. The van der Waals surface area contributed by atoms with Gasteiger partial charge < -0.3 is 10.6 Å². The van der Waals surface area contributed by atoms with Crippen LogP contribution in [0.1, 0.15) is 35.4 Å². The van der Waals surface area contributed by atoms with Gasteiger partial charge in [-0.3, -0.25) is 9.59 Å². The number of hydrogen-bond acceptors (Lipinski definition) is 3. The van der Waals surface area contributed by atoms with Gasteiger partial charge in [0, 0.05) is 24.1 Å². The van der Waals surface area contributed by atoms with Crippen LogP contribution in [0.2, 0.25) is 0 Å². The standard InChI is InChI=1S/C14H16N2O2S/c17-12-5-7-14(6-1-4-11(14)16-12)9-15-13(18)10-3-2-8-19-10/h2-4,8H,1,5-7,9H2,(H,15,18)(H,16,17). The van der Waals surface area contributed by atoms with Gasteiger partial charge in [0.25, 0.3) is 5.91 Å². The molecule has 2 amide bonds. The molecule has 0 saturated carbocycles. The monoisotopic (exact) mass is 276 g/mol. The second-order valence-electron chi connectivity index (χ2n) is 5.14. The van der Waals surface area contributed by atoms with Crippen molar-refractivity contribution in [2.75, 3.05) is 6.54 Å². The first kappa shape index (κ1) is 12.4. The number of amides is 2. The van der Waals surface area contributed by atoms with Gasteiger partial charge in [-0.2, -0.15) is 0 Å². The molecule has 100 valence electrons. The number of nitrogens with one attached hydrogen (secondary N) is 2. The molecule has 0 bridgehead atoms. The van der Waals surface area contributed by atoms with E-state index in [1.807, 2.05) is 17.5 Å². The predicted molar refractivity (Wildman–Crippen MR) is 73.8 cm³/mol. The highest BCUT2D eigenvalue weighted by Gasteiger charge is 2.41. The Balaban J connectivity index is 1.67. The maximum absolute atomic E-state index is 12.0. The van der Waals surface area contributed by atoms with E-state index in [0.29, 0.717) is 13.0 Å². The number of thiophene rings is 1. The van der Waals surface area contributed by atoms with Gasteiger partial charge in [-0.1, -0.05) is 12.1 Å². The van der Waals surface area contributed by atoms with Gasteiger partial charge in [0.1, 0.15) is 0 Å². The van der Waals surface area contributed by atoms with Gasteiger partial charge in [0.2, 0.25) is 5.91 Å². The quantitative estimate of drug-likeness (QED) is 0.887. The van der Waals surface area contributed by atoms with E-state index in [1.165, 1.54) is 11.3 Å². The Morgan fingerprint density at radius 3 is 3.16 bits per heavy atom. The summed E-state index contributed by atoms with van der Waals surface area (Å²) in [6.45, 7) is 0.607. The summed E-state index contributed by atoms with van der Waals surface area (Å²) in [4.78, 5) is 24.2. The molecule has 19 heavy (non-hydrogen) atoms. The van der Waals surface area contributed by atoms with Crippen LogP contribution in [0.15, 0.2) is 29.3 Å². The molecule has 1 unspecified atom stereocenters. The molecule has 3 rings (SSSR count). The zero-order valence-electron chi connectivity index (χ0n) is 10.6. The first-order valence-corrected chi connectivity index (χ1v) is 7.40. The molecule has 1 aliphatic heterocycles. The summed E-state index contributed by atoms with van der Waals surface area (Å²) in [6, 6.07) is 3.70. The van der Waals surface area contributed by atoms with Gasteiger partial charge in [-0.25, -0.2) is 0 Å². The zero-order chi connectivity index (χ0) is 13.3. The van der Waals surface area contributed by atoms with Gasteiger partial charge >= 0.3 is 0 Å². The summed E-state index contributed by atoms with van der Waals surface area (Å²) in [7, 11) is 0. The number of piperidine rings is 1. The summed E-state index contributed by atoms with van der Waals surface area (Å²) >= 11 is 1.44. The van der Waals surface area contributed by atoms with Crippen LogP contribution in [0, 0.1) is 5.41 Å². The minimum atomic E-state index is -0.0547. The molecule has 0 spiro atoms. The molecule has 2 aliphatic rings. The van der Waals surface area contributed by atoms with E-state index in [1.54, 1.807) is 0 Å². The van der Waals surface area contributed by atoms with E-state index < -0.39 is 0 Å². The average Bonchev–Trinajstić information content (AvgIpc) is 3.05. The second-order valence-corrected chi connectivity index (χ2v) is 6.09. The third-order valence-electron chi connectivity index (χ3n) is 3.98. The van der Waals surface area contributed by atoms with Crippen LogP contribution in [0.3, 0.4) is 0 Å². The molecule has 1 aromatic rings. The molecule has 0 radical (unpaired) electrons. The molecule has 0 aromatic carbocycles. The molecule has 1 aromatic heterocycles. The van der Waals surface area contributed by atoms with Crippen molar-refractivity contribution in [3.63, 3.8) is 0 Å². The minimum Gasteiger partial charge on any atom is -0.350 e. The van der Waals surface area contributed by atoms with Gasteiger partial charge in [-0.05, 0) is 30.7 Å². The van der Waals surface area contributed by atoms with Crippen molar-refractivity contribution in [2.24, 2.45) is 5.41 Å². The lowest BCUT2D eigenvalue weighted by Gasteiger charge is -2.36. The predicted octanol–water partition coefficient (Wildman–Crippen LogP) is 2.05. The van der Waals surface area contributed by atoms with Crippen LogP contribution in [0.25, 0.3) is 0 Å². The zero-order valence-corrected chi connectivity index (χ0v) is 11.4. The number of carbonyl (C=O) groups is 2. The molecule has 5 heteroatoms. The Bertz CT molecular complexity index is 536. The van der Waals surface area contributed by atoms with E-state index in [0.717, 1.165) is 29.8 Å². The molecule has 1 fully saturated rings. The van der Waals surface area contributed by atoms with Gasteiger partial charge in [0.15, 0.2) is 0 Å². The first-order valence-electron chi connectivity index (χ1n) is 6.52. The maximum atomic E-state index is 12.0. The SMILES string of the molecule is O=C1CCC2(CNC(=O)c3cccs3)CCC=C2N1. The Morgan fingerprint density at radius 1 is 1.47 bits per heavy atom. The van der Waals surface area contributed by atoms with Gasteiger partial charge in [0.05, 0.1) is 4.88 Å². The van der Waals surface area contributed by atoms with E-state index in [4.69, 9.17) is 0 Å². The number of allylic oxidation sites excluding steroid dienone is 1. The fourth-order valence-corrected chi connectivity index (χ4v) is 3.51. The van der Waals surface area contributed by atoms with Crippen LogP contribution in [0.4, 0.5) is 0 Å². The van der Waals surface area contributed by atoms with E-state index in [-0.39, 0.29) is 17.2 Å². The third-order valence-corrected chi connectivity index (χ3v) is 4.85. The topological polar surface area (TPSA) is 58.2 Å². The largest absolute Gasteiger partial charge is 0.350 e. The first-order chi connectivity index (χ1) is 9.20. The molecule has 4 nitrogen and oxygen atoms in total. The summed E-state index contributed by atoms with van der Waals surface area (Å²) in [5, 5.41) is 7.86. The lowest BCUT2D eigenvalue weighted by Crippen LogP contribution is -2.46. The average molecular weight is 276 g/mol. The molecular weight excluding hydrogens is 260 g/mol. The number of fused-ring (bicyclic) bond motifs is 1. The lowest BCUT2D eigenvalue weighted by atomic mass is 9.77. The van der Waals surface area contributed by atoms with Crippen molar-refractivity contribution in [1.82, 2.24) is 10.6 Å². The Labute approximate surface area is 115 Å². The van der Waals surface area contributed by atoms with Crippen LogP contribution < -0.4 is 10.6 Å². The van der Waals surface area contributed by atoms with Crippen LogP contribution in [-0.2, 0) is 4.79 Å². The fraction of sp³-hybridized carbons (Fsp3) is 0.429. The number of rotatable bonds is 3. The highest BCUT2D eigenvalue weighted by atomic mass is 32.1. The molecule has 2 heterocycles. The number of carbonyl (C=O) groups excluding carboxylic acids is 2. The molecule has 1 atom stereocenters. The molecule has 2 N–H and O–H groups in total. The highest BCUT2D eigenvalue weighted by Crippen LogP contribution is 2.43. The van der Waals surface area contributed by atoms with Crippen LogP contribution in [-0.4, -0.2) is 18.4 Å². The number of hydrogen-bond donors (Lipinski definition) is 2. The molecule has 1 saturated heterocycles. The van der Waals surface area contributed by atoms with E-state index >= 15 is 0 Å². The smallest absolute Gasteiger partial charge is 0.261 e. The van der Waals surface area contributed by atoms with Crippen LogP contribution in [0.5, 0.6) is 0 Å². The third kappa shape index (κ3) is 2.30. The summed E-state index contributed by atoms with van der Waals surface area (Å²) in [5.74, 6) is 0.0703. The Morgan fingerprint density at radius 2 is 2.37 bits per heavy atom. The molecule has 1 aliphatic carbocycles. The maximum Gasteiger partial charge on any atom is 0.261 e. The van der Waals surface area contributed by atoms with E-state index in [9.17, 15) is 9.59 Å². The van der Waals surface area contributed by atoms with Crippen LogP contribution >= 0.6 is 11.3 Å². The van der Waals surface area contributed by atoms with E-state index in [2.05, 4.69) is 16.7 Å². The highest BCUT2D eigenvalue weighted by molar-refractivity contribution is 7.12. The van der Waals surface area contributed by atoms with Crippen molar-refractivity contribution < 1.29 is 9.59 Å². The minimum absolute atomic E-state index is 0.0208. The Hall–Kier alpha value is -1.62.